The van der Waals surface area contributed by atoms with Crippen LogP contribution in [0.5, 0.6) is 0 Å². The van der Waals surface area contributed by atoms with Crippen LogP contribution >= 0.6 is 0 Å². The molecule has 1 aromatic carbocycles. The van der Waals surface area contributed by atoms with E-state index in [9.17, 15) is 0 Å². The van der Waals surface area contributed by atoms with E-state index in [2.05, 4.69) is 160 Å². The van der Waals surface area contributed by atoms with Crippen LogP contribution < -0.4 is 64.2 Å². The first kappa shape index (κ1) is 85.5. The van der Waals surface area contributed by atoms with Crippen LogP contribution in [0.15, 0.2) is 246 Å². The number of imidazole rings is 5. The van der Waals surface area contributed by atoms with Crippen LogP contribution in [0, 0.1) is 6.92 Å². The fourth-order valence-electron chi connectivity index (χ4n) is 16.4. The van der Waals surface area contributed by atoms with Gasteiger partial charge in [0.15, 0.2) is 57.3 Å². The largest absolute Gasteiger partial charge is 0.399 e. The quantitative estimate of drug-likeness (QED) is 0.0299. The number of pyridine rings is 4. The number of piperidine rings is 1. The molecule has 2 atom stereocenters. The summed E-state index contributed by atoms with van der Waals surface area (Å²) in [6.07, 6.45) is 58.9. The molecule has 21 heterocycles. The molecule has 2 aliphatic heterocycles. The normalized spacial score (nSPS) is 14.1. The molecular weight excluding hydrogens is 1680 g/mol. The Hall–Kier alpha value is -17.0. The Labute approximate surface area is 762 Å². The van der Waals surface area contributed by atoms with Crippen LogP contribution in [0.25, 0.3) is 84.5 Å². The number of anilines is 13. The Morgan fingerprint density at radius 1 is 0.368 bits per heavy atom. The third kappa shape index (κ3) is 19.2. The van der Waals surface area contributed by atoms with Gasteiger partial charge in [0.25, 0.3) is 0 Å². The minimum Gasteiger partial charge on any atom is -0.399 e. The summed E-state index contributed by atoms with van der Waals surface area (Å²) < 4.78 is 18.9. The number of hydrogen-bond donors (Lipinski definition) is 10. The predicted octanol–water partition coefficient (Wildman–Crippen LogP) is 10.8. The lowest BCUT2D eigenvalue weighted by Crippen LogP contribution is -2.41. The summed E-state index contributed by atoms with van der Waals surface area (Å²) >= 11 is 0. The van der Waals surface area contributed by atoms with Crippen molar-refractivity contribution in [2.24, 2.45) is 46.7 Å². The standard InChI is InChI=1S/C21H25N9.C19H21N9.C19H19N7.C17H19N9.C16H15N7/c1-22-16-5-8-29(9-6-16)19-4-3-17(12-24-19)27-20-21-25-13-18(30(21)10-7-23-20)15-11-26-28(2)14-15;1-26-11-13(8-24-26)16-10-23-19-18(21-5-7-28(16)19)25-15-2-3-17(22-9-15)27-6-4-14(20)12-27;1-25-11-14(9-23-25)17-10-22-19-18(21-4-5-26(17)19)24-16-7-12-2-3-15(20)6-13(12)8-16;1-25-11-12(8-23-25)14-10-22-17-16(20-6-7-26(14)17)24-13-2-3-15(21-9-13)19-5-4-18;1-11-7-13(3-4-17-11)21-15-16-19-9-14(23(16)6-5-18-15)12-8-20-22(2)10-12/h3-4,7,10-14,16,22H,5-6,8-9H2,1-2H3,(H,23,27);2-3,5,7-11,14H,4,6,12,20H2,1H3,(H,21,25);2-6,9-11,16H,7-8,20H2,1H3,(H,21,24);2-3,6-11H,4-5,18H2,1H3,(H,19,21)(H,20,24);3-10H,1-2H3,(H,17,18,21)/t;14-;;;/m.0.../s1. The molecule has 1 unspecified atom stereocenters. The smallest absolute Gasteiger partial charge is 0.180 e. The molecule has 0 amide bonds. The molecule has 2 fully saturated rings. The highest BCUT2D eigenvalue weighted by Gasteiger charge is 2.26. The zero-order valence-electron chi connectivity index (χ0n) is 74.2. The van der Waals surface area contributed by atoms with E-state index in [1.807, 2.05) is 256 Å². The lowest BCUT2D eigenvalue weighted by Gasteiger charge is -2.32. The van der Waals surface area contributed by atoms with Crippen LogP contribution in [0.3, 0.4) is 0 Å². The number of nitrogens with zero attached hydrogens (tertiary/aromatic N) is 31. The molecule has 20 aromatic rings. The zero-order chi connectivity index (χ0) is 91.0. The van der Waals surface area contributed by atoms with Gasteiger partial charge in [0.1, 0.15) is 17.5 Å². The summed E-state index contributed by atoms with van der Waals surface area (Å²) in [5.74, 6) is 6.28. The Balaban J connectivity index is 0.000000107. The minimum atomic E-state index is 0.232. The maximum atomic E-state index is 5.99. The number of hydrogen-bond acceptors (Lipinski definition) is 31. The van der Waals surface area contributed by atoms with Crippen molar-refractivity contribution in [2.75, 3.05) is 93.8 Å². The van der Waals surface area contributed by atoms with Gasteiger partial charge in [-0.15, -0.1) is 0 Å². The third-order valence-electron chi connectivity index (χ3n) is 23.1. The monoisotopic (exact) mass is 1780 g/mol. The molecule has 19 aromatic heterocycles. The van der Waals surface area contributed by atoms with E-state index in [4.69, 9.17) is 17.2 Å². The molecule has 0 spiro atoms. The number of nitrogens with one attached hydrogen (secondary N) is 7. The number of benzene rings is 1. The van der Waals surface area contributed by atoms with E-state index in [1.165, 1.54) is 11.1 Å². The second-order valence-corrected chi connectivity index (χ2v) is 32.5. The van der Waals surface area contributed by atoms with Gasteiger partial charge in [0.05, 0.1) is 126 Å². The van der Waals surface area contributed by atoms with Crippen molar-refractivity contribution in [3.05, 3.63) is 263 Å². The Bertz CT molecular complexity index is 7380. The van der Waals surface area contributed by atoms with Gasteiger partial charge in [-0.2, -0.15) is 25.5 Å². The average molecular weight is 1780 g/mol. The summed E-state index contributed by atoms with van der Waals surface area (Å²) in [7, 11) is 11.5. The third-order valence-corrected chi connectivity index (χ3v) is 23.1. The van der Waals surface area contributed by atoms with E-state index in [0.29, 0.717) is 48.4 Å². The number of fused-ring (bicyclic) bond motifs is 6. The Kier molecular flexibility index (Phi) is 24.5. The van der Waals surface area contributed by atoms with Gasteiger partial charge in [-0.3, -0.25) is 50.4 Å². The number of aryl methyl sites for hydroxylation is 6. The first-order chi connectivity index (χ1) is 65.0. The van der Waals surface area contributed by atoms with E-state index in [-0.39, 0.29) is 6.04 Å². The fourth-order valence-corrected chi connectivity index (χ4v) is 16.4. The van der Waals surface area contributed by atoms with Gasteiger partial charge < -0.3 is 64.2 Å². The molecule has 0 radical (unpaired) electrons. The van der Waals surface area contributed by atoms with Gasteiger partial charge in [-0.25, -0.2) is 64.8 Å². The summed E-state index contributed by atoms with van der Waals surface area (Å²) in [6.45, 7) is 7.06. The fraction of sp³-hybridized carbons (Fsp3) is 0.228. The van der Waals surface area contributed by atoms with Crippen molar-refractivity contribution in [2.45, 2.75) is 57.2 Å². The maximum Gasteiger partial charge on any atom is 0.180 e. The van der Waals surface area contributed by atoms with Gasteiger partial charge in [-0.05, 0) is 118 Å². The lowest BCUT2D eigenvalue weighted by molar-refractivity contribution is 0.441. The average Bonchev–Trinajstić information content (AvgIpc) is 1.66. The predicted molar refractivity (Wildman–Crippen MR) is 513 cm³/mol. The van der Waals surface area contributed by atoms with Crippen LogP contribution in [-0.4, -0.2) is 205 Å². The first-order valence-corrected chi connectivity index (χ1v) is 43.5. The van der Waals surface area contributed by atoms with Crippen LogP contribution in [-0.2, 0) is 48.1 Å². The van der Waals surface area contributed by atoms with E-state index in [1.54, 1.807) is 66.8 Å². The molecule has 0 bridgehead atoms. The van der Waals surface area contributed by atoms with Crippen LogP contribution in [0.2, 0.25) is 0 Å². The highest BCUT2D eigenvalue weighted by molar-refractivity contribution is 5.79. The van der Waals surface area contributed by atoms with Crippen molar-refractivity contribution in [3.8, 4) is 56.3 Å². The molecule has 3 aliphatic rings. The SMILES string of the molecule is CNC1CCN(c2ccc(Nc3nccn4c(-c5cnn(C)c5)cnc34)cn2)CC1.Cc1cc(Nc2nccn3c(-c4cnn(C)c4)cnc23)ccn1.Cn1cc(-c2cnc3c(NC4Cc5ccc(N)cc5C4)nccn23)cn1.Cn1cc(-c2cnc3c(Nc4ccc(N5CC[C@H](N)C5)nc4)nccn23)cn1.Cn1cc(-c2cnc3c(Nc4ccc(NCCN)nc4)nccn23)cn1. The molecule has 41 nitrogen and oxygen atoms in total. The van der Waals surface area contributed by atoms with Gasteiger partial charge in [0.2, 0.25) is 0 Å². The molecule has 133 heavy (non-hydrogen) atoms. The topological polar surface area (TPSA) is 460 Å². The summed E-state index contributed by atoms with van der Waals surface area (Å²) in [5, 5.41) is 44.5. The lowest BCUT2D eigenvalue weighted by atomic mass is 10.1. The number of nitrogens with two attached hydrogens (primary N) is 3. The molecule has 1 aliphatic carbocycles. The zero-order valence-corrected chi connectivity index (χ0v) is 74.2. The number of nitrogen functional groups attached to an aromatic ring is 1. The molecule has 13 N–H and O–H groups in total. The van der Waals surface area contributed by atoms with Crippen molar-refractivity contribution < 1.29 is 0 Å². The molecule has 0 saturated carbocycles. The summed E-state index contributed by atoms with van der Waals surface area (Å²) in [5.41, 5.74) is 39.1. The second kappa shape index (κ2) is 38.2. The van der Waals surface area contributed by atoms with E-state index >= 15 is 0 Å². The molecule has 23 rings (SSSR count). The van der Waals surface area contributed by atoms with Crippen LogP contribution in [0.4, 0.5) is 75.0 Å². The van der Waals surface area contributed by atoms with Gasteiger partial charge in [-0.1, -0.05) is 6.07 Å². The van der Waals surface area contributed by atoms with E-state index in [0.717, 1.165) is 200 Å². The number of aromatic nitrogens is 29. The summed E-state index contributed by atoms with van der Waals surface area (Å²) in [4.78, 5) is 67.3. The van der Waals surface area contributed by atoms with Crippen molar-refractivity contribution in [3.63, 3.8) is 0 Å². The number of rotatable bonds is 21. The maximum absolute atomic E-state index is 5.99. The second-order valence-electron chi connectivity index (χ2n) is 32.5. The Morgan fingerprint density at radius 2 is 0.759 bits per heavy atom. The minimum absolute atomic E-state index is 0.232. The highest BCUT2D eigenvalue weighted by Crippen LogP contribution is 2.34. The van der Waals surface area contributed by atoms with Crippen molar-refractivity contribution in [1.82, 2.24) is 146 Å². The molecular formula is C92H99N41. The summed E-state index contributed by atoms with van der Waals surface area (Å²) in [6, 6.07) is 23.1. The van der Waals surface area contributed by atoms with E-state index < -0.39 is 0 Å². The van der Waals surface area contributed by atoms with Gasteiger partial charge >= 0.3 is 0 Å². The molecule has 672 valence electrons. The van der Waals surface area contributed by atoms with Crippen LogP contribution in [0.1, 0.15) is 36.1 Å². The van der Waals surface area contributed by atoms with Gasteiger partial charge in [0, 0.05) is 237 Å². The molecule has 2 saturated heterocycles. The van der Waals surface area contributed by atoms with Crippen molar-refractivity contribution in [1.29, 1.82) is 0 Å². The highest BCUT2D eigenvalue weighted by atomic mass is 15.3. The first-order valence-electron chi connectivity index (χ1n) is 43.5. The molecule has 41 heteroatoms. The van der Waals surface area contributed by atoms with Crippen molar-refractivity contribution >= 4 is 103 Å². The Morgan fingerprint density at radius 3 is 1.13 bits per heavy atom.